The van der Waals surface area contributed by atoms with E-state index < -0.39 is 28.4 Å². The molecule has 1 heterocycles. The molecule has 6 nitrogen and oxygen atoms in total. The number of nitrogens with zero attached hydrogens (tertiary/aromatic N) is 1. The molecule has 2 aromatic rings. The van der Waals surface area contributed by atoms with Gasteiger partial charge in [0.05, 0.1) is 11.6 Å². The Morgan fingerprint density at radius 2 is 1.72 bits per heavy atom. The maximum atomic E-state index is 12.5. The van der Waals surface area contributed by atoms with E-state index in [9.17, 15) is 18.0 Å². The molecule has 1 unspecified atom stereocenters. The minimum absolute atomic E-state index is 0.0529. The summed E-state index contributed by atoms with van der Waals surface area (Å²) in [5.74, 6) is -1.18. The van der Waals surface area contributed by atoms with Gasteiger partial charge < -0.3 is 5.32 Å². The van der Waals surface area contributed by atoms with E-state index >= 15 is 0 Å². The summed E-state index contributed by atoms with van der Waals surface area (Å²) in [7, 11) is -3.97. The van der Waals surface area contributed by atoms with Gasteiger partial charge >= 0.3 is 0 Å². The monoisotopic (exact) mass is 358 g/mol. The predicted molar refractivity (Wildman–Crippen MR) is 92.3 cm³/mol. The highest BCUT2D eigenvalue weighted by Crippen LogP contribution is 2.29. The number of nitrogens with one attached hydrogen (secondary N) is 1. The summed E-state index contributed by atoms with van der Waals surface area (Å²) < 4.78 is 25.6. The summed E-state index contributed by atoms with van der Waals surface area (Å²) in [6, 6.07) is 15.1. The maximum absolute atomic E-state index is 12.5. The highest BCUT2D eigenvalue weighted by Gasteiger charge is 2.41. The van der Waals surface area contributed by atoms with Crippen molar-refractivity contribution >= 4 is 21.8 Å². The van der Waals surface area contributed by atoms with Crippen molar-refractivity contribution in [2.75, 3.05) is 6.54 Å². The third kappa shape index (κ3) is 3.15. The third-order valence-corrected chi connectivity index (χ3v) is 5.93. The van der Waals surface area contributed by atoms with Crippen LogP contribution < -0.4 is 5.32 Å². The van der Waals surface area contributed by atoms with Crippen LogP contribution in [0, 0.1) is 0 Å². The van der Waals surface area contributed by atoms with Crippen LogP contribution in [0.2, 0.25) is 0 Å². The van der Waals surface area contributed by atoms with Crippen molar-refractivity contribution in [3.8, 4) is 0 Å². The highest BCUT2D eigenvalue weighted by molar-refractivity contribution is 7.90. The predicted octanol–water partition coefficient (Wildman–Crippen LogP) is 2.10. The number of amides is 2. The largest absolute Gasteiger partial charge is 0.348 e. The molecule has 1 aliphatic heterocycles. The Labute approximate surface area is 146 Å². The number of carbonyl (C=O) groups excluding carboxylic acids is 2. The minimum Gasteiger partial charge on any atom is -0.348 e. The zero-order chi connectivity index (χ0) is 18.0. The second-order valence-electron chi connectivity index (χ2n) is 5.75. The number of sulfonamides is 1. The molecule has 7 heteroatoms. The van der Waals surface area contributed by atoms with Gasteiger partial charge in [0.1, 0.15) is 11.4 Å². The second kappa shape index (κ2) is 6.68. The van der Waals surface area contributed by atoms with Crippen molar-refractivity contribution in [2.45, 2.75) is 24.3 Å². The second-order valence-corrected chi connectivity index (χ2v) is 7.58. The zero-order valence-electron chi connectivity index (χ0n) is 13.7. The smallest absolute Gasteiger partial charge is 0.269 e. The molecule has 0 aromatic heterocycles. The molecule has 0 radical (unpaired) electrons. The third-order valence-electron chi connectivity index (χ3n) is 4.14. The van der Waals surface area contributed by atoms with Crippen LogP contribution in [0.3, 0.4) is 0 Å². The zero-order valence-corrected chi connectivity index (χ0v) is 14.5. The molecule has 1 atom stereocenters. The van der Waals surface area contributed by atoms with Gasteiger partial charge in [-0.15, -0.1) is 0 Å². The lowest BCUT2D eigenvalue weighted by molar-refractivity contribution is -0.121. The van der Waals surface area contributed by atoms with Crippen LogP contribution in [0.25, 0.3) is 0 Å². The summed E-state index contributed by atoms with van der Waals surface area (Å²) in [5.41, 5.74) is 1.03. The summed E-state index contributed by atoms with van der Waals surface area (Å²) in [6.45, 7) is 1.39. The molecular formula is C18H18N2O4S. The van der Waals surface area contributed by atoms with Crippen LogP contribution in [0.15, 0.2) is 59.5 Å². The highest BCUT2D eigenvalue weighted by atomic mass is 32.2. The fourth-order valence-corrected chi connectivity index (χ4v) is 4.39. The van der Waals surface area contributed by atoms with Crippen LogP contribution in [0.4, 0.5) is 0 Å². The molecule has 3 rings (SSSR count). The van der Waals surface area contributed by atoms with Gasteiger partial charge in [-0.3, -0.25) is 9.59 Å². The molecule has 0 saturated heterocycles. The first-order valence-electron chi connectivity index (χ1n) is 7.95. The van der Waals surface area contributed by atoms with Gasteiger partial charge in [0.15, 0.2) is 0 Å². The number of hydrogen-bond donors (Lipinski definition) is 1. The quantitative estimate of drug-likeness (QED) is 0.887. The molecular weight excluding hydrogens is 340 g/mol. The van der Waals surface area contributed by atoms with E-state index in [1.54, 1.807) is 12.1 Å². The normalized spacial score (nSPS) is 16.4. The van der Waals surface area contributed by atoms with E-state index in [4.69, 9.17) is 0 Å². The molecule has 1 aliphatic rings. The molecule has 0 saturated carbocycles. The van der Waals surface area contributed by atoms with Crippen LogP contribution in [-0.2, 0) is 14.8 Å². The van der Waals surface area contributed by atoms with E-state index in [0.29, 0.717) is 10.7 Å². The van der Waals surface area contributed by atoms with Crippen molar-refractivity contribution in [3.05, 3.63) is 65.7 Å². The van der Waals surface area contributed by atoms with E-state index in [1.165, 1.54) is 12.1 Å². The van der Waals surface area contributed by atoms with Crippen molar-refractivity contribution < 1.29 is 18.0 Å². The van der Waals surface area contributed by atoms with Crippen LogP contribution in [0.5, 0.6) is 0 Å². The van der Waals surface area contributed by atoms with E-state index in [1.807, 2.05) is 37.3 Å². The Balaban J connectivity index is 1.77. The van der Waals surface area contributed by atoms with Gasteiger partial charge in [0.25, 0.3) is 15.9 Å². The maximum Gasteiger partial charge on any atom is 0.269 e. The summed E-state index contributed by atoms with van der Waals surface area (Å²) in [4.78, 5) is 24.6. The first-order chi connectivity index (χ1) is 11.9. The average Bonchev–Trinajstić information content (AvgIpc) is 2.82. The Kier molecular flexibility index (Phi) is 4.59. The van der Waals surface area contributed by atoms with E-state index in [0.717, 1.165) is 5.56 Å². The molecule has 130 valence electrons. The van der Waals surface area contributed by atoms with Crippen molar-refractivity contribution in [3.63, 3.8) is 0 Å². The van der Waals surface area contributed by atoms with E-state index in [-0.39, 0.29) is 16.5 Å². The SMILES string of the molecule is CCC(NC(=O)CN1C(=O)c2ccccc2S1(=O)=O)c1ccccc1. The lowest BCUT2D eigenvalue weighted by atomic mass is 10.0. The van der Waals surface area contributed by atoms with Crippen LogP contribution >= 0.6 is 0 Å². The number of fused-ring (bicyclic) bond motifs is 1. The van der Waals surface area contributed by atoms with Gasteiger partial charge in [0.2, 0.25) is 5.91 Å². The Bertz CT molecular complexity index is 910. The van der Waals surface area contributed by atoms with Gasteiger partial charge in [0, 0.05) is 0 Å². The topological polar surface area (TPSA) is 83.6 Å². The summed E-state index contributed by atoms with van der Waals surface area (Å²) in [6.07, 6.45) is 0.649. The average molecular weight is 358 g/mol. The Morgan fingerprint density at radius 3 is 2.36 bits per heavy atom. The standard InChI is InChI=1S/C18H18N2O4S/c1-2-15(13-8-4-3-5-9-13)19-17(21)12-20-18(22)14-10-6-7-11-16(14)25(20,23)24/h3-11,15H,2,12H2,1H3,(H,19,21). The van der Waals surface area contributed by atoms with Gasteiger partial charge in [-0.1, -0.05) is 49.4 Å². The summed E-state index contributed by atoms with van der Waals surface area (Å²) >= 11 is 0. The van der Waals surface area contributed by atoms with Crippen molar-refractivity contribution in [1.82, 2.24) is 9.62 Å². The fourth-order valence-electron chi connectivity index (χ4n) is 2.86. The first kappa shape index (κ1) is 17.2. The Hall–Kier alpha value is -2.67. The molecule has 25 heavy (non-hydrogen) atoms. The lowest BCUT2D eigenvalue weighted by Gasteiger charge is -2.20. The van der Waals surface area contributed by atoms with Crippen LogP contribution in [0.1, 0.15) is 35.3 Å². The number of benzene rings is 2. The van der Waals surface area contributed by atoms with Gasteiger partial charge in [-0.05, 0) is 24.1 Å². The number of carbonyl (C=O) groups is 2. The first-order valence-corrected chi connectivity index (χ1v) is 9.39. The molecule has 0 bridgehead atoms. The molecule has 2 amide bonds. The number of hydrogen-bond acceptors (Lipinski definition) is 4. The van der Waals surface area contributed by atoms with Crippen LogP contribution in [-0.4, -0.2) is 31.1 Å². The molecule has 0 spiro atoms. The van der Waals surface area contributed by atoms with Gasteiger partial charge in [-0.2, -0.15) is 0 Å². The fraction of sp³-hybridized carbons (Fsp3) is 0.222. The minimum atomic E-state index is -3.97. The lowest BCUT2D eigenvalue weighted by Crippen LogP contribution is -2.41. The van der Waals surface area contributed by atoms with Crippen molar-refractivity contribution in [1.29, 1.82) is 0 Å². The number of rotatable bonds is 5. The van der Waals surface area contributed by atoms with Gasteiger partial charge in [-0.25, -0.2) is 12.7 Å². The molecule has 2 aromatic carbocycles. The molecule has 1 N–H and O–H groups in total. The molecule has 0 aliphatic carbocycles. The summed E-state index contributed by atoms with van der Waals surface area (Å²) in [5, 5.41) is 2.80. The Morgan fingerprint density at radius 1 is 1.08 bits per heavy atom. The van der Waals surface area contributed by atoms with E-state index in [2.05, 4.69) is 5.32 Å². The van der Waals surface area contributed by atoms with Crippen molar-refractivity contribution in [2.24, 2.45) is 0 Å². The molecule has 0 fully saturated rings.